The Kier molecular flexibility index (Phi) is 4.12. The highest BCUT2D eigenvalue weighted by Crippen LogP contribution is 2.20. The van der Waals surface area contributed by atoms with E-state index in [0.29, 0.717) is 5.92 Å². The highest BCUT2D eigenvalue weighted by atomic mass is 14.7. The van der Waals surface area contributed by atoms with E-state index in [1.165, 1.54) is 0 Å². The van der Waals surface area contributed by atoms with E-state index in [1.807, 2.05) is 18.2 Å². The summed E-state index contributed by atoms with van der Waals surface area (Å²) < 4.78 is 0. The molecule has 1 heterocycles. The van der Waals surface area contributed by atoms with Gasteiger partial charge >= 0.3 is 0 Å². The van der Waals surface area contributed by atoms with Gasteiger partial charge in [-0.05, 0) is 30.9 Å². The van der Waals surface area contributed by atoms with Gasteiger partial charge in [0.25, 0.3) is 0 Å². The van der Waals surface area contributed by atoms with Crippen LogP contribution in [-0.4, -0.2) is 4.98 Å². The molecule has 1 atom stereocenters. The van der Waals surface area contributed by atoms with Crippen LogP contribution in [0.5, 0.6) is 0 Å². The fourth-order valence-corrected chi connectivity index (χ4v) is 1.36. The minimum absolute atomic E-state index is 0.0430. The lowest BCUT2D eigenvalue weighted by molar-refractivity contribution is 0.533. The number of hydrogen-bond acceptors (Lipinski definition) is 2. The molecule has 0 fully saturated rings. The minimum atomic E-state index is -0.0430. The second-order valence-corrected chi connectivity index (χ2v) is 3.91. The van der Waals surface area contributed by atoms with Crippen molar-refractivity contribution >= 4 is 0 Å². The summed E-state index contributed by atoms with van der Waals surface area (Å²) >= 11 is 0. The van der Waals surface area contributed by atoms with E-state index in [0.717, 1.165) is 18.5 Å². The summed E-state index contributed by atoms with van der Waals surface area (Å²) in [7, 11) is 0. The number of nitrogens with zero attached hydrogens (tertiary/aromatic N) is 2. The normalized spacial score (nSPS) is 12.4. The molecule has 0 bridgehead atoms. The smallest absolute Gasteiger partial charge is 0.0884 e. The van der Waals surface area contributed by atoms with Crippen molar-refractivity contribution in [3.05, 3.63) is 30.1 Å². The molecule has 0 radical (unpaired) electrons. The van der Waals surface area contributed by atoms with E-state index >= 15 is 0 Å². The average Bonchev–Trinajstić information content (AvgIpc) is 2.20. The predicted molar refractivity (Wildman–Crippen MR) is 56.7 cm³/mol. The first-order valence-electron chi connectivity index (χ1n) is 5.04. The molecule has 0 amide bonds. The maximum absolute atomic E-state index is 9.00. The molecule has 0 aromatic carbocycles. The lowest BCUT2D eigenvalue weighted by atomic mass is 9.96. The molecule has 2 nitrogen and oxygen atoms in total. The second-order valence-electron chi connectivity index (χ2n) is 3.91. The van der Waals surface area contributed by atoms with Crippen LogP contribution in [0.3, 0.4) is 0 Å². The van der Waals surface area contributed by atoms with Crippen molar-refractivity contribution < 1.29 is 0 Å². The van der Waals surface area contributed by atoms with Crippen molar-refractivity contribution in [1.29, 1.82) is 5.26 Å². The molecule has 1 rings (SSSR count). The van der Waals surface area contributed by atoms with Crippen molar-refractivity contribution in [3.63, 3.8) is 0 Å². The van der Waals surface area contributed by atoms with Gasteiger partial charge in [0.15, 0.2) is 0 Å². The van der Waals surface area contributed by atoms with Crippen LogP contribution in [0.1, 0.15) is 38.3 Å². The van der Waals surface area contributed by atoms with Crippen molar-refractivity contribution in [2.24, 2.45) is 5.92 Å². The summed E-state index contributed by atoms with van der Waals surface area (Å²) in [5.74, 6) is 0.605. The van der Waals surface area contributed by atoms with Crippen LogP contribution in [0.2, 0.25) is 0 Å². The summed E-state index contributed by atoms with van der Waals surface area (Å²) in [6.45, 7) is 4.35. The van der Waals surface area contributed by atoms with Gasteiger partial charge in [-0.15, -0.1) is 0 Å². The number of rotatable bonds is 4. The van der Waals surface area contributed by atoms with Crippen LogP contribution in [0.15, 0.2) is 24.4 Å². The number of nitriles is 1. The van der Waals surface area contributed by atoms with Gasteiger partial charge in [-0.2, -0.15) is 5.26 Å². The van der Waals surface area contributed by atoms with Crippen LogP contribution in [0.4, 0.5) is 0 Å². The van der Waals surface area contributed by atoms with E-state index in [4.69, 9.17) is 5.26 Å². The zero-order valence-corrected chi connectivity index (χ0v) is 8.77. The molecule has 1 aromatic rings. The van der Waals surface area contributed by atoms with Gasteiger partial charge in [-0.1, -0.05) is 19.9 Å². The molecule has 1 aromatic heterocycles. The lowest BCUT2D eigenvalue weighted by Gasteiger charge is -2.09. The van der Waals surface area contributed by atoms with Crippen molar-refractivity contribution in [2.45, 2.75) is 32.6 Å². The van der Waals surface area contributed by atoms with Gasteiger partial charge in [-0.25, -0.2) is 0 Å². The summed E-state index contributed by atoms with van der Waals surface area (Å²) in [4.78, 5) is 4.21. The molecule has 0 saturated carbocycles. The highest BCUT2D eigenvalue weighted by Gasteiger charge is 2.11. The van der Waals surface area contributed by atoms with Crippen LogP contribution in [0.25, 0.3) is 0 Å². The van der Waals surface area contributed by atoms with Gasteiger partial charge in [0.05, 0.1) is 17.7 Å². The van der Waals surface area contributed by atoms with Crippen LogP contribution in [-0.2, 0) is 0 Å². The van der Waals surface area contributed by atoms with Crippen molar-refractivity contribution in [3.8, 4) is 6.07 Å². The first kappa shape index (κ1) is 10.7. The van der Waals surface area contributed by atoms with Gasteiger partial charge < -0.3 is 0 Å². The van der Waals surface area contributed by atoms with Gasteiger partial charge in [0, 0.05) is 6.20 Å². The first-order chi connectivity index (χ1) is 6.74. The van der Waals surface area contributed by atoms with Crippen molar-refractivity contribution in [2.75, 3.05) is 0 Å². The quantitative estimate of drug-likeness (QED) is 0.727. The maximum Gasteiger partial charge on any atom is 0.0884 e. The third kappa shape index (κ3) is 3.18. The average molecular weight is 188 g/mol. The molecule has 0 saturated heterocycles. The molecular weight excluding hydrogens is 172 g/mol. The lowest BCUT2D eigenvalue weighted by Crippen LogP contribution is -2.00. The molecule has 1 unspecified atom stereocenters. The van der Waals surface area contributed by atoms with E-state index in [1.54, 1.807) is 6.20 Å². The molecular formula is C12H16N2. The Morgan fingerprint density at radius 3 is 2.64 bits per heavy atom. The summed E-state index contributed by atoms with van der Waals surface area (Å²) in [6, 6.07) is 8.04. The Bertz CT molecular complexity index is 298. The molecule has 0 aliphatic heterocycles. The zero-order chi connectivity index (χ0) is 10.4. The Balaban J connectivity index is 2.60. The Hall–Kier alpha value is -1.36. The monoisotopic (exact) mass is 188 g/mol. The standard InChI is InChI=1S/C12H16N2/c1-10(2)6-7-11(9-13)12-5-3-4-8-14-12/h3-5,8,10-11H,6-7H2,1-2H3. The van der Waals surface area contributed by atoms with Crippen LogP contribution in [0, 0.1) is 17.2 Å². The summed E-state index contributed by atoms with van der Waals surface area (Å²) in [6.07, 6.45) is 3.73. The number of aromatic nitrogens is 1. The third-order valence-electron chi connectivity index (χ3n) is 2.23. The second kappa shape index (κ2) is 5.39. The molecule has 0 aliphatic carbocycles. The van der Waals surface area contributed by atoms with Gasteiger partial charge in [-0.3, -0.25) is 4.98 Å². The zero-order valence-electron chi connectivity index (χ0n) is 8.77. The highest BCUT2D eigenvalue weighted by molar-refractivity contribution is 5.16. The fraction of sp³-hybridized carbons (Fsp3) is 0.500. The predicted octanol–water partition coefficient (Wildman–Crippen LogP) is 3.12. The van der Waals surface area contributed by atoms with Gasteiger partial charge in [0.2, 0.25) is 0 Å². The molecule has 2 heteroatoms. The number of hydrogen-bond donors (Lipinski definition) is 0. The summed E-state index contributed by atoms with van der Waals surface area (Å²) in [5.41, 5.74) is 0.899. The van der Waals surface area contributed by atoms with Gasteiger partial charge in [0.1, 0.15) is 0 Å². The molecule has 0 N–H and O–H groups in total. The largest absolute Gasteiger partial charge is 0.260 e. The molecule has 14 heavy (non-hydrogen) atoms. The first-order valence-corrected chi connectivity index (χ1v) is 5.04. The third-order valence-corrected chi connectivity index (χ3v) is 2.23. The van der Waals surface area contributed by atoms with Crippen molar-refractivity contribution in [1.82, 2.24) is 4.98 Å². The Morgan fingerprint density at radius 2 is 2.14 bits per heavy atom. The van der Waals surface area contributed by atoms with E-state index in [-0.39, 0.29) is 5.92 Å². The summed E-state index contributed by atoms with van der Waals surface area (Å²) in [5, 5.41) is 9.00. The van der Waals surface area contributed by atoms with E-state index in [2.05, 4.69) is 24.9 Å². The maximum atomic E-state index is 9.00. The van der Waals surface area contributed by atoms with E-state index in [9.17, 15) is 0 Å². The topological polar surface area (TPSA) is 36.7 Å². The number of pyridine rings is 1. The Morgan fingerprint density at radius 1 is 1.36 bits per heavy atom. The molecule has 0 spiro atoms. The van der Waals surface area contributed by atoms with Crippen LogP contribution < -0.4 is 0 Å². The molecule has 74 valence electrons. The van der Waals surface area contributed by atoms with E-state index < -0.39 is 0 Å². The Labute approximate surface area is 85.6 Å². The SMILES string of the molecule is CC(C)CCC(C#N)c1ccccn1. The minimum Gasteiger partial charge on any atom is -0.260 e. The fourth-order valence-electron chi connectivity index (χ4n) is 1.36. The van der Waals surface area contributed by atoms with Crippen LogP contribution >= 0.6 is 0 Å². The molecule has 0 aliphatic rings.